The summed E-state index contributed by atoms with van der Waals surface area (Å²) in [5.74, 6) is 0.329. The highest BCUT2D eigenvalue weighted by molar-refractivity contribution is 5.99. The molecule has 0 aliphatic heterocycles. The Balaban J connectivity index is 0.00000129. The molecule has 1 atom stereocenters. The van der Waals surface area contributed by atoms with Crippen molar-refractivity contribution in [1.29, 1.82) is 0 Å². The molecule has 0 saturated carbocycles. The number of aryl methyl sites for hydroxylation is 1. The molecule has 0 unspecified atom stereocenters. The minimum Gasteiger partial charge on any atom is -0.474 e. The standard InChI is InChI=1S/C33H34N4O2.CO2/c1-21(2)39-32-19-34-30(18-35-32)23(4)36-33(38)28-15-16-31-29(17-28)22(3)24(5)37(31)20-25-11-13-27(14-12-25)26-9-7-6-8-10-26;2-1-3/h6-19,21,23H,20H2,1-5H3,(H,36,38);/t23-;/m0./s1. The quantitative estimate of drug-likeness (QED) is 0.233. The largest absolute Gasteiger partial charge is 0.474 e. The molecule has 0 aliphatic carbocycles. The number of nitrogens with zero attached hydrogens (tertiary/aromatic N) is 3. The molecule has 214 valence electrons. The number of nitrogens with one attached hydrogen (secondary N) is 1. The molecule has 0 fully saturated rings. The number of amides is 1. The van der Waals surface area contributed by atoms with E-state index in [9.17, 15) is 4.79 Å². The highest BCUT2D eigenvalue weighted by Crippen LogP contribution is 2.28. The first kappa shape index (κ1) is 29.9. The first-order valence-electron chi connectivity index (χ1n) is 13.7. The van der Waals surface area contributed by atoms with Gasteiger partial charge in [0.15, 0.2) is 0 Å². The second-order valence-electron chi connectivity index (χ2n) is 10.3. The monoisotopic (exact) mass is 562 g/mol. The molecule has 5 rings (SSSR count). The maximum atomic E-state index is 13.1. The normalized spacial score (nSPS) is 11.4. The van der Waals surface area contributed by atoms with Crippen LogP contribution in [0.3, 0.4) is 0 Å². The zero-order valence-electron chi connectivity index (χ0n) is 24.4. The van der Waals surface area contributed by atoms with Gasteiger partial charge in [-0.1, -0.05) is 54.6 Å². The molecule has 2 aromatic heterocycles. The van der Waals surface area contributed by atoms with Crippen molar-refractivity contribution in [2.45, 2.75) is 53.3 Å². The van der Waals surface area contributed by atoms with Crippen molar-refractivity contribution in [3.63, 3.8) is 0 Å². The lowest BCUT2D eigenvalue weighted by Gasteiger charge is -2.14. The molecule has 0 aliphatic rings. The average molecular weight is 563 g/mol. The van der Waals surface area contributed by atoms with Crippen LogP contribution >= 0.6 is 0 Å². The Bertz CT molecular complexity index is 1690. The van der Waals surface area contributed by atoms with Gasteiger partial charge in [-0.15, -0.1) is 0 Å². The van der Waals surface area contributed by atoms with Crippen molar-refractivity contribution in [2.24, 2.45) is 0 Å². The number of carbonyl (C=O) groups is 1. The van der Waals surface area contributed by atoms with E-state index in [-0.39, 0.29) is 24.2 Å². The fraction of sp³-hybridized carbons (Fsp3) is 0.235. The van der Waals surface area contributed by atoms with Gasteiger partial charge in [0.25, 0.3) is 5.91 Å². The zero-order valence-corrected chi connectivity index (χ0v) is 24.4. The summed E-state index contributed by atoms with van der Waals surface area (Å²) in [4.78, 5) is 38.1. The smallest absolute Gasteiger partial charge is 0.373 e. The van der Waals surface area contributed by atoms with Crippen LogP contribution < -0.4 is 10.1 Å². The number of aromatic nitrogens is 3. The molecule has 2 heterocycles. The van der Waals surface area contributed by atoms with Crippen LogP contribution in [-0.2, 0) is 16.1 Å². The summed E-state index contributed by atoms with van der Waals surface area (Å²) in [5, 5.41) is 4.13. The zero-order chi connectivity index (χ0) is 30.2. The molecule has 0 saturated heterocycles. The van der Waals surface area contributed by atoms with E-state index in [2.05, 4.69) is 82.2 Å². The number of ether oxygens (including phenoxy) is 1. The van der Waals surface area contributed by atoms with Crippen molar-refractivity contribution in [2.75, 3.05) is 0 Å². The molecular formula is C34H34N4O4. The van der Waals surface area contributed by atoms with E-state index in [0.29, 0.717) is 17.1 Å². The van der Waals surface area contributed by atoms with Gasteiger partial charge < -0.3 is 14.6 Å². The first-order chi connectivity index (χ1) is 20.2. The van der Waals surface area contributed by atoms with Gasteiger partial charge in [0, 0.05) is 28.7 Å². The molecule has 0 spiro atoms. The molecule has 0 radical (unpaired) electrons. The van der Waals surface area contributed by atoms with E-state index in [0.717, 1.165) is 17.4 Å². The van der Waals surface area contributed by atoms with E-state index < -0.39 is 0 Å². The van der Waals surface area contributed by atoms with Gasteiger partial charge in [-0.25, -0.2) is 4.98 Å². The topological polar surface area (TPSA) is 103 Å². The minimum absolute atomic E-state index is 0.0272. The van der Waals surface area contributed by atoms with Crippen LogP contribution in [0.5, 0.6) is 5.88 Å². The maximum Gasteiger partial charge on any atom is 0.373 e. The van der Waals surface area contributed by atoms with Crippen LogP contribution in [0.15, 0.2) is 85.2 Å². The van der Waals surface area contributed by atoms with Gasteiger partial charge in [0.2, 0.25) is 5.88 Å². The maximum absolute atomic E-state index is 13.1. The summed E-state index contributed by atoms with van der Waals surface area (Å²) in [6.07, 6.45) is 3.51. The molecule has 0 bridgehead atoms. The predicted octanol–water partition coefficient (Wildman–Crippen LogP) is 6.46. The third-order valence-corrected chi connectivity index (χ3v) is 7.10. The Morgan fingerprint density at radius 2 is 1.57 bits per heavy atom. The summed E-state index contributed by atoms with van der Waals surface area (Å²) in [5.41, 5.74) is 8.45. The van der Waals surface area contributed by atoms with Gasteiger partial charge in [-0.3, -0.25) is 9.78 Å². The van der Waals surface area contributed by atoms with Crippen LogP contribution in [0.25, 0.3) is 22.0 Å². The lowest BCUT2D eigenvalue weighted by atomic mass is 10.0. The van der Waals surface area contributed by atoms with Gasteiger partial charge in [0.05, 0.1) is 30.2 Å². The summed E-state index contributed by atoms with van der Waals surface area (Å²) in [6.45, 7) is 10.8. The second-order valence-corrected chi connectivity index (χ2v) is 10.3. The number of hydrogen-bond donors (Lipinski definition) is 1. The predicted molar refractivity (Wildman–Crippen MR) is 161 cm³/mol. The summed E-state index contributed by atoms with van der Waals surface area (Å²) in [7, 11) is 0. The molecular weight excluding hydrogens is 528 g/mol. The number of hydrogen-bond acceptors (Lipinski definition) is 6. The van der Waals surface area contributed by atoms with Crippen LogP contribution in [0.1, 0.15) is 59.7 Å². The first-order valence-corrected chi connectivity index (χ1v) is 13.7. The molecule has 8 nitrogen and oxygen atoms in total. The summed E-state index contributed by atoms with van der Waals surface area (Å²) in [6, 6.07) is 24.8. The van der Waals surface area contributed by atoms with Gasteiger partial charge >= 0.3 is 6.15 Å². The highest BCUT2D eigenvalue weighted by atomic mass is 16.5. The Labute approximate surface area is 245 Å². The average Bonchev–Trinajstić information content (AvgIpc) is 3.22. The van der Waals surface area contributed by atoms with E-state index in [1.807, 2.05) is 45.0 Å². The van der Waals surface area contributed by atoms with E-state index in [1.54, 1.807) is 12.4 Å². The van der Waals surface area contributed by atoms with Crippen molar-refractivity contribution in [3.05, 3.63) is 113 Å². The van der Waals surface area contributed by atoms with Crippen molar-refractivity contribution in [3.8, 4) is 17.0 Å². The fourth-order valence-electron chi connectivity index (χ4n) is 4.82. The molecule has 42 heavy (non-hydrogen) atoms. The van der Waals surface area contributed by atoms with E-state index in [1.165, 1.54) is 27.9 Å². The van der Waals surface area contributed by atoms with Crippen LogP contribution in [0.2, 0.25) is 0 Å². The van der Waals surface area contributed by atoms with Gasteiger partial charge in [-0.2, -0.15) is 9.59 Å². The number of carbonyl (C=O) groups excluding carboxylic acids is 3. The number of rotatable bonds is 8. The highest BCUT2D eigenvalue weighted by Gasteiger charge is 2.17. The van der Waals surface area contributed by atoms with E-state index in [4.69, 9.17) is 14.3 Å². The SMILES string of the molecule is Cc1c(C)n(Cc2ccc(-c3ccccc3)cc2)c2ccc(C(=O)N[C@@H](C)c3cnc(OC(C)C)cn3)cc12.O=C=O. The van der Waals surface area contributed by atoms with Crippen molar-refractivity contribution >= 4 is 23.0 Å². The third-order valence-electron chi connectivity index (χ3n) is 7.10. The van der Waals surface area contributed by atoms with Crippen LogP contribution in [-0.4, -0.2) is 32.7 Å². The Kier molecular flexibility index (Phi) is 9.63. The van der Waals surface area contributed by atoms with Crippen molar-refractivity contribution < 1.29 is 19.1 Å². The molecule has 1 amide bonds. The minimum atomic E-state index is -0.292. The lowest BCUT2D eigenvalue weighted by Crippen LogP contribution is -2.27. The second kappa shape index (κ2) is 13.5. The third kappa shape index (κ3) is 6.97. The van der Waals surface area contributed by atoms with Gasteiger partial charge in [0.1, 0.15) is 0 Å². The molecule has 8 heteroatoms. The number of benzene rings is 3. The number of fused-ring (bicyclic) bond motifs is 1. The van der Waals surface area contributed by atoms with Crippen LogP contribution in [0.4, 0.5) is 0 Å². The van der Waals surface area contributed by atoms with Gasteiger partial charge in [-0.05, 0) is 75.1 Å². The Hall–Kier alpha value is -5.07. The Morgan fingerprint density at radius 3 is 2.19 bits per heavy atom. The summed E-state index contributed by atoms with van der Waals surface area (Å²) < 4.78 is 7.88. The Morgan fingerprint density at radius 1 is 0.905 bits per heavy atom. The van der Waals surface area contributed by atoms with Crippen LogP contribution in [0, 0.1) is 13.8 Å². The molecule has 5 aromatic rings. The van der Waals surface area contributed by atoms with E-state index >= 15 is 0 Å². The summed E-state index contributed by atoms with van der Waals surface area (Å²) >= 11 is 0. The molecule has 1 N–H and O–H groups in total. The lowest BCUT2D eigenvalue weighted by molar-refractivity contribution is -0.191. The van der Waals surface area contributed by atoms with Crippen molar-refractivity contribution in [1.82, 2.24) is 19.9 Å². The molecule has 3 aromatic carbocycles. The fourth-order valence-corrected chi connectivity index (χ4v) is 4.82.